The zero-order chi connectivity index (χ0) is 8.53. The Bertz CT molecular complexity index is 153. The first-order valence-electron chi connectivity index (χ1n) is 3.77. The van der Waals surface area contributed by atoms with Crippen LogP contribution in [-0.2, 0) is 4.79 Å². The Kier molecular flexibility index (Phi) is 13.2. The van der Waals surface area contributed by atoms with Crippen molar-refractivity contribution in [2.45, 2.75) is 25.7 Å². The first kappa shape index (κ1) is 14.5. The number of hydrogen-bond donors (Lipinski definition) is 1. The number of hydrogen-bond acceptors (Lipinski definition) is 1. The Balaban J connectivity index is 0. The third-order valence-electron chi connectivity index (χ3n) is 1.29. The predicted octanol–water partition coefficient (Wildman–Crippen LogP) is 1.73. The molecule has 0 radical (unpaired) electrons. The normalized spacial score (nSPS) is 9.33. The molecule has 0 spiro atoms. The van der Waals surface area contributed by atoms with Gasteiger partial charge in [0.2, 0.25) is 0 Å². The molecule has 0 aliphatic heterocycles. The number of aliphatic carboxylic acids is 1. The van der Waals surface area contributed by atoms with Crippen LogP contribution < -0.4 is 0 Å². The van der Waals surface area contributed by atoms with Crippen LogP contribution in [0.2, 0.25) is 0 Å². The maximum atomic E-state index is 9.99. The van der Waals surface area contributed by atoms with E-state index < -0.39 is 5.97 Å². The van der Waals surface area contributed by atoms with Crippen molar-refractivity contribution in [2.24, 2.45) is 0 Å². The molecule has 0 bridgehead atoms. The summed E-state index contributed by atoms with van der Waals surface area (Å²) in [5.41, 5.74) is 0. The van der Waals surface area contributed by atoms with E-state index in [2.05, 4.69) is 6.58 Å². The van der Waals surface area contributed by atoms with Crippen LogP contribution in [0.4, 0.5) is 0 Å². The quantitative estimate of drug-likeness (QED) is 0.291. The van der Waals surface area contributed by atoms with E-state index in [9.17, 15) is 4.79 Å². The van der Waals surface area contributed by atoms with E-state index >= 15 is 0 Å². The summed E-state index contributed by atoms with van der Waals surface area (Å²) < 4.78 is 0. The van der Waals surface area contributed by atoms with Gasteiger partial charge in [0.05, 0.1) is 0 Å². The van der Waals surface area contributed by atoms with Crippen molar-refractivity contribution in [3.8, 4) is 0 Å². The monoisotopic (exact) mass is 178 g/mol. The zero-order valence-corrected chi connectivity index (χ0v) is 6.62. The van der Waals surface area contributed by atoms with Crippen LogP contribution in [-0.4, -0.2) is 40.6 Å². The molecule has 0 aromatic rings. The summed E-state index contributed by atoms with van der Waals surface area (Å²) in [6.45, 7) is 3.59. The van der Waals surface area contributed by atoms with E-state index in [4.69, 9.17) is 5.11 Å². The van der Waals surface area contributed by atoms with Gasteiger partial charge in [-0.2, -0.15) is 0 Å². The van der Waals surface area contributed by atoms with Gasteiger partial charge in [-0.1, -0.05) is 12.2 Å². The van der Waals surface area contributed by atoms with E-state index in [0.717, 1.165) is 25.7 Å². The van der Waals surface area contributed by atoms with Gasteiger partial charge < -0.3 is 5.11 Å². The van der Waals surface area contributed by atoms with Gasteiger partial charge >= 0.3 is 35.5 Å². The molecule has 0 aromatic carbocycles. The van der Waals surface area contributed by atoms with Crippen LogP contribution in [0.3, 0.4) is 0 Å². The van der Waals surface area contributed by atoms with Gasteiger partial charge in [0.1, 0.15) is 0 Å². The molecule has 64 valence electrons. The molecular weight excluding hydrogens is 163 g/mol. The summed E-state index contributed by atoms with van der Waals surface area (Å²) in [5, 5.41) is 8.21. The minimum absolute atomic E-state index is 0. The molecule has 12 heavy (non-hydrogen) atoms. The Morgan fingerprint density at radius 1 is 1.33 bits per heavy atom. The van der Waals surface area contributed by atoms with Crippen molar-refractivity contribution in [1.29, 1.82) is 0 Å². The van der Waals surface area contributed by atoms with Crippen molar-refractivity contribution in [3.05, 3.63) is 24.8 Å². The van der Waals surface area contributed by atoms with Crippen LogP contribution in [0.5, 0.6) is 0 Å². The molecule has 2 nitrogen and oxygen atoms in total. The minimum atomic E-state index is -0.867. The van der Waals surface area contributed by atoms with Crippen molar-refractivity contribution in [1.82, 2.24) is 0 Å². The van der Waals surface area contributed by atoms with E-state index in [1.807, 2.05) is 6.08 Å². The molecule has 0 aliphatic rings. The van der Waals surface area contributed by atoms with Crippen LogP contribution >= 0.6 is 0 Å². The Morgan fingerprint density at radius 2 is 1.92 bits per heavy atom. The second-order valence-corrected chi connectivity index (χ2v) is 2.31. The molecule has 0 fully saturated rings. The SMILES string of the molecule is C=CCCCCC=CC(=O)O.[NaH]. The first-order valence-corrected chi connectivity index (χ1v) is 3.77. The molecule has 0 unspecified atom stereocenters. The number of unbranched alkanes of at least 4 members (excludes halogenated alkanes) is 3. The Hall–Kier alpha value is -0.0500. The van der Waals surface area contributed by atoms with Crippen LogP contribution in [0.15, 0.2) is 24.8 Å². The summed E-state index contributed by atoms with van der Waals surface area (Å²) in [7, 11) is 0. The molecule has 0 saturated heterocycles. The topological polar surface area (TPSA) is 37.3 Å². The number of carboxylic acids is 1. The molecule has 0 saturated carbocycles. The van der Waals surface area contributed by atoms with Crippen molar-refractivity contribution in [3.63, 3.8) is 0 Å². The van der Waals surface area contributed by atoms with Crippen LogP contribution in [0.1, 0.15) is 25.7 Å². The predicted molar refractivity (Wildman–Crippen MR) is 52.6 cm³/mol. The molecule has 1 N–H and O–H groups in total. The molecular formula is C9H15NaO2. The van der Waals surface area contributed by atoms with E-state index in [1.54, 1.807) is 6.08 Å². The summed E-state index contributed by atoms with van der Waals surface area (Å²) in [5.74, 6) is -0.867. The van der Waals surface area contributed by atoms with Gasteiger partial charge in [-0.3, -0.25) is 0 Å². The Labute approximate surface area is 95.6 Å². The number of carboxylic acid groups (broad SMARTS) is 1. The maximum absolute atomic E-state index is 9.99. The molecule has 0 amide bonds. The second-order valence-electron chi connectivity index (χ2n) is 2.31. The number of carbonyl (C=O) groups is 1. The Morgan fingerprint density at radius 3 is 2.42 bits per heavy atom. The number of allylic oxidation sites excluding steroid dienone is 2. The molecule has 0 atom stereocenters. The second kappa shape index (κ2) is 11.0. The molecule has 0 rings (SSSR count). The van der Waals surface area contributed by atoms with Crippen LogP contribution in [0, 0.1) is 0 Å². The molecule has 0 heterocycles. The van der Waals surface area contributed by atoms with Gasteiger partial charge in [-0.15, -0.1) is 6.58 Å². The summed E-state index contributed by atoms with van der Waals surface area (Å²) in [6, 6.07) is 0. The third kappa shape index (κ3) is 12.6. The van der Waals surface area contributed by atoms with Gasteiger partial charge in [-0.25, -0.2) is 4.79 Å². The fourth-order valence-corrected chi connectivity index (χ4v) is 0.735. The van der Waals surface area contributed by atoms with Crippen LogP contribution in [0.25, 0.3) is 0 Å². The molecule has 0 aliphatic carbocycles. The van der Waals surface area contributed by atoms with E-state index in [0.29, 0.717) is 0 Å². The van der Waals surface area contributed by atoms with E-state index in [1.165, 1.54) is 6.08 Å². The fraction of sp³-hybridized carbons (Fsp3) is 0.444. The van der Waals surface area contributed by atoms with E-state index in [-0.39, 0.29) is 29.6 Å². The third-order valence-corrected chi connectivity index (χ3v) is 1.29. The first-order chi connectivity index (χ1) is 5.27. The van der Waals surface area contributed by atoms with Gasteiger partial charge in [-0.05, 0) is 25.7 Å². The summed E-state index contributed by atoms with van der Waals surface area (Å²) >= 11 is 0. The standard InChI is InChI=1S/C9H14O2.Na.H/c1-2-3-4-5-6-7-8-9(10)11;;/h2,7-8H,1,3-6H2,(H,10,11);;. The molecule has 3 heteroatoms. The van der Waals surface area contributed by atoms with Gasteiger partial charge in [0.15, 0.2) is 0 Å². The average molecular weight is 178 g/mol. The van der Waals surface area contributed by atoms with Crippen molar-refractivity contribution < 1.29 is 9.90 Å². The number of rotatable bonds is 6. The average Bonchev–Trinajstić information content (AvgIpc) is 1.96. The summed E-state index contributed by atoms with van der Waals surface area (Å²) in [4.78, 5) is 9.99. The summed E-state index contributed by atoms with van der Waals surface area (Å²) in [6.07, 6.45) is 8.74. The molecule has 0 aromatic heterocycles. The van der Waals surface area contributed by atoms with Gasteiger partial charge in [0, 0.05) is 6.08 Å². The van der Waals surface area contributed by atoms with Crippen molar-refractivity contribution >= 4 is 35.5 Å². The van der Waals surface area contributed by atoms with Crippen molar-refractivity contribution in [2.75, 3.05) is 0 Å². The zero-order valence-electron chi connectivity index (χ0n) is 6.62. The fourth-order valence-electron chi connectivity index (χ4n) is 0.735. The van der Waals surface area contributed by atoms with Gasteiger partial charge in [0.25, 0.3) is 0 Å².